The molecular weight excluding hydrogens is 334 g/mol. The number of methoxy groups -OCH3 is 1. The van der Waals surface area contributed by atoms with Gasteiger partial charge in [-0.3, -0.25) is 0 Å². The highest BCUT2D eigenvalue weighted by Gasteiger charge is 2.21. The molecule has 4 nitrogen and oxygen atoms in total. The maximum absolute atomic E-state index is 8.86. The Morgan fingerprint density at radius 1 is 1.30 bits per heavy atom. The maximum atomic E-state index is 8.86. The molecule has 0 radical (unpaired) electrons. The summed E-state index contributed by atoms with van der Waals surface area (Å²) in [5.41, 5.74) is 2.69. The SMILES string of the molecule is COc1cc(CC2NCCc3ccsc32)ccc1OCCO.Cl. The van der Waals surface area contributed by atoms with Crippen molar-refractivity contribution in [2.75, 3.05) is 26.9 Å². The Labute approximate surface area is 146 Å². The van der Waals surface area contributed by atoms with Gasteiger partial charge in [0.05, 0.1) is 13.7 Å². The highest BCUT2D eigenvalue weighted by molar-refractivity contribution is 7.10. The smallest absolute Gasteiger partial charge is 0.161 e. The van der Waals surface area contributed by atoms with Gasteiger partial charge in [-0.25, -0.2) is 0 Å². The number of hydrogen-bond acceptors (Lipinski definition) is 5. The molecule has 0 spiro atoms. The molecule has 0 fully saturated rings. The predicted octanol–water partition coefficient (Wildman–Crippen LogP) is 2.98. The summed E-state index contributed by atoms with van der Waals surface area (Å²) in [6.45, 7) is 1.31. The van der Waals surface area contributed by atoms with Gasteiger partial charge in [-0.2, -0.15) is 0 Å². The van der Waals surface area contributed by atoms with Gasteiger partial charge in [-0.15, -0.1) is 23.7 Å². The van der Waals surface area contributed by atoms with E-state index in [0.29, 0.717) is 17.5 Å². The summed E-state index contributed by atoms with van der Waals surface area (Å²) in [6, 6.07) is 8.62. The van der Waals surface area contributed by atoms with Gasteiger partial charge < -0.3 is 19.9 Å². The summed E-state index contributed by atoms with van der Waals surface area (Å²) in [5.74, 6) is 1.39. The van der Waals surface area contributed by atoms with Crippen molar-refractivity contribution in [2.45, 2.75) is 18.9 Å². The van der Waals surface area contributed by atoms with E-state index < -0.39 is 0 Å². The minimum Gasteiger partial charge on any atom is -0.493 e. The van der Waals surface area contributed by atoms with Crippen LogP contribution in [0.1, 0.15) is 22.0 Å². The molecule has 126 valence electrons. The van der Waals surface area contributed by atoms with E-state index in [1.807, 2.05) is 23.5 Å². The first-order valence-corrected chi connectivity index (χ1v) is 8.40. The largest absolute Gasteiger partial charge is 0.493 e. The van der Waals surface area contributed by atoms with Crippen molar-refractivity contribution in [3.05, 3.63) is 45.6 Å². The van der Waals surface area contributed by atoms with Crippen LogP contribution in [0.15, 0.2) is 29.6 Å². The quantitative estimate of drug-likeness (QED) is 0.836. The van der Waals surface area contributed by atoms with Crippen LogP contribution in [0.25, 0.3) is 0 Å². The molecule has 1 unspecified atom stereocenters. The zero-order valence-corrected chi connectivity index (χ0v) is 14.7. The van der Waals surface area contributed by atoms with Crippen LogP contribution >= 0.6 is 23.7 Å². The summed E-state index contributed by atoms with van der Waals surface area (Å²) in [4.78, 5) is 1.45. The Hall–Kier alpha value is -1.27. The van der Waals surface area contributed by atoms with Crippen LogP contribution in [-0.4, -0.2) is 32.0 Å². The van der Waals surface area contributed by atoms with Crippen LogP contribution in [0.4, 0.5) is 0 Å². The van der Waals surface area contributed by atoms with Gasteiger partial charge in [0.25, 0.3) is 0 Å². The lowest BCUT2D eigenvalue weighted by Gasteiger charge is -2.24. The third-order valence-electron chi connectivity index (χ3n) is 3.90. The molecule has 1 aromatic heterocycles. The lowest BCUT2D eigenvalue weighted by Crippen LogP contribution is -2.29. The van der Waals surface area contributed by atoms with Gasteiger partial charge in [0.15, 0.2) is 11.5 Å². The molecular formula is C17H22ClNO3S. The van der Waals surface area contributed by atoms with E-state index >= 15 is 0 Å². The second kappa shape index (κ2) is 8.55. The Morgan fingerprint density at radius 3 is 2.96 bits per heavy atom. The molecule has 2 N–H and O–H groups in total. The highest BCUT2D eigenvalue weighted by Crippen LogP contribution is 2.33. The summed E-state index contributed by atoms with van der Waals surface area (Å²) >= 11 is 1.83. The Balaban J connectivity index is 0.00000192. The number of fused-ring (bicyclic) bond motifs is 1. The Bertz CT molecular complexity index is 632. The molecule has 2 heterocycles. The van der Waals surface area contributed by atoms with Gasteiger partial charge in [-0.1, -0.05) is 6.07 Å². The van der Waals surface area contributed by atoms with Gasteiger partial charge in [0.2, 0.25) is 0 Å². The molecule has 1 atom stereocenters. The number of nitrogens with one attached hydrogen (secondary N) is 1. The first-order valence-electron chi connectivity index (χ1n) is 7.52. The number of halogens is 1. The number of thiophene rings is 1. The molecule has 1 aliphatic heterocycles. The van der Waals surface area contributed by atoms with E-state index in [4.69, 9.17) is 14.6 Å². The van der Waals surface area contributed by atoms with Crippen LogP contribution < -0.4 is 14.8 Å². The number of rotatable bonds is 6. The number of aliphatic hydroxyl groups is 1. The fourth-order valence-corrected chi connectivity index (χ4v) is 3.88. The second-order valence-corrected chi connectivity index (χ2v) is 6.28. The average molecular weight is 356 g/mol. The number of aliphatic hydroxyl groups excluding tert-OH is 1. The molecule has 0 saturated carbocycles. The summed E-state index contributed by atoms with van der Waals surface area (Å²) < 4.78 is 10.9. The van der Waals surface area contributed by atoms with Gasteiger partial charge in [-0.05, 0) is 54.1 Å². The molecule has 1 aromatic carbocycles. The molecule has 23 heavy (non-hydrogen) atoms. The van der Waals surface area contributed by atoms with Gasteiger partial charge >= 0.3 is 0 Å². The molecule has 2 aromatic rings. The molecule has 0 amide bonds. The van der Waals surface area contributed by atoms with Crippen molar-refractivity contribution in [1.82, 2.24) is 5.32 Å². The van der Waals surface area contributed by atoms with Crippen molar-refractivity contribution < 1.29 is 14.6 Å². The summed E-state index contributed by atoms with van der Waals surface area (Å²) in [5, 5.41) is 14.6. The van der Waals surface area contributed by atoms with Gasteiger partial charge in [0.1, 0.15) is 6.61 Å². The van der Waals surface area contributed by atoms with E-state index in [1.165, 1.54) is 16.0 Å². The zero-order chi connectivity index (χ0) is 15.4. The molecule has 0 saturated heterocycles. The zero-order valence-electron chi connectivity index (χ0n) is 13.1. The highest BCUT2D eigenvalue weighted by atomic mass is 35.5. The van der Waals surface area contributed by atoms with Crippen LogP contribution in [-0.2, 0) is 12.8 Å². The van der Waals surface area contributed by atoms with E-state index in [2.05, 4.69) is 22.8 Å². The predicted molar refractivity (Wildman–Crippen MR) is 95.3 cm³/mol. The van der Waals surface area contributed by atoms with E-state index in [9.17, 15) is 0 Å². The van der Waals surface area contributed by atoms with Crippen molar-refractivity contribution in [3.63, 3.8) is 0 Å². The molecule has 0 aliphatic carbocycles. The fraction of sp³-hybridized carbons (Fsp3) is 0.412. The normalized spacial score (nSPS) is 16.3. The van der Waals surface area contributed by atoms with E-state index in [1.54, 1.807) is 7.11 Å². The maximum Gasteiger partial charge on any atom is 0.161 e. The first kappa shape index (κ1) is 18.1. The topological polar surface area (TPSA) is 50.7 Å². The standard InChI is InChI=1S/C17H21NO3S.ClH/c1-20-16-11-12(2-3-15(16)21-8-7-19)10-14-17-13(4-6-18-14)5-9-22-17;/h2-3,5,9,11,14,18-19H,4,6-8,10H2,1H3;1H. The van der Waals surface area contributed by atoms with Crippen LogP contribution in [0, 0.1) is 0 Å². The molecule has 0 bridgehead atoms. The summed E-state index contributed by atoms with van der Waals surface area (Å²) in [6.07, 6.45) is 2.05. The van der Waals surface area contributed by atoms with E-state index in [0.717, 1.165) is 19.4 Å². The fourth-order valence-electron chi connectivity index (χ4n) is 2.85. The first-order chi connectivity index (χ1) is 10.8. The molecule has 3 rings (SSSR count). The monoisotopic (exact) mass is 355 g/mol. The van der Waals surface area contributed by atoms with Crippen molar-refractivity contribution in [2.24, 2.45) is 0 Å². The number of ether oxygens (including phenoxy) is 2. The third-order valence-corrected chi connectivity index (χ3v) is 4.97. The lowest BCUT2D eigenvalue weighted by atomic mass is 9.97. The molecule has 1 aliphatic rings. The Kier molecular flexibility index (Phi) is 6.72. The van der Waals surface area contributed by atoms with Crippen LogP contribution in [0.3, 0.4) is 0 Å². The average Bonchev–Trinajstić information content (AvgIpc) is 3.03. The van der Waals surface area contributed by atoms with E-state index in [-0.39, 0.29) is 25.6 Å². The lowest BCUT2D eigenvalue weighted by molar-refractivity contribution is 0.196. The minimum atomic E-state index is -0.00193. The third kappa shape index (κ3) is 4.18. The van der Waals surface area contributed by atoms with Crippen LogP contribution in [0.5, 0.6) is 11.5 Å². The number of benzene rings is 1. The van der Waals surface area contributed by atoms with Crippen molar-refractivity contribution in [1.29, 1.82) is 0 Å². The van der Waals surface area contributed by atoms with Crippen LogP contribution in [0.2, 0.25) is 0 Å². The van der Waals surface area contributed by atoms with Gasteiger partial charge in [0, 0.05) is 10.9 Å². The second-order valence-electron chi connectivity index (χ2n) is 5.33. The van der Waals surface area contributed by atoms with Crippen molar-refractivity contribution in [3.8, 4) is 11.5 Å². The van der Waals surface area contributed by atoms with Crippen molar-refractivity contribution >= 4 is 23.7 Å². The summed E-state index contributed by atoms with van der Waals surface area (Å²) in [7, 11) is 1.64. The Morgan fingerprint density at radius 2 is 2.17 bits per heavy atom. The molecule has 6 heteroatoms. The number of hydrogen-bond donors (Lipinski definition) is 2. The minimum absolute atomic E-state index is 0.